The van der Waals surface area contributed by atoms with Crippen molar-refractivity contribution in [1.82, 2.24) is 14.9 Å². The monoisotopic (exact) mass is 257 g/mol. The molecule has 0 aromatic carbocycles. The first-order valence-electron chi connectivity index (χ1n) is 5.83. The molecule has 0 saturated carbocycles. The summed E-state index contributed by atoms with van der Waals surface area (Å²) in [6.07, 6.45) is 1.41. The van der Waals surface area contributed by atoms with Gasteiger partial charge in [0.1, 0.15) is 17.2 Å². The van der Waals surface area contributed by atoms with Crippen molar-refractivity contribution in [1.29, 1.82) is 0 Å². The predicted molar refractivity (Wildman–Crippen MR) is 72.3 cm³/mol. The molecule has 1 aromatic rings. The van der Waals surface area contributed by atoms with Crippen molar-refractivity contribution >= 4 is 23.2 Å². The Balaban J connectivity index is 2.61. The van der Waals surface area contributed by atoms with Crippen molar-refractivity contribution in [2.24, 2.45) is 0 Å². The highest BCUT2D eigenvalue weighted by Gasteiger charge is 2.11. The Kier molecular flexibility index (Phi) is 5.44. The van der Waals surface area contributed by atoms with E-state index in [1.807, 2.05) is 0 Å². The van der Waals surface area contributed by atoms with Crippen molar-refractivity contribution in [2.45, 2.75) is 26.8 Å². The Hall–Kier alpha value is -1.07. The van der Waals surface area contributed by atoms with E-state index in [2.05, 4.69) is 41.0 Å². The molecule has 5 nitrogen and oxygen atoms in total. The molecule has 1 unspecified atom stereocenters. The van der Waals surface area contributed by atoms with E-state index < -0.39 is 0 Å². The zero-order valence-electron chi connectivity index (χ0n) is 10.6. The molecule has 1 aromatic heterocycles. The Bertz CT molecular complexity index is 354. The minimum absolute atomic E-state index is 0.252. The number of halogens is 1. The number of hydrogen-bond acceptors (Lipinski definition) is 5. The number of rotatable bonds is 6. The first kappa shape index (κ1) is 14.0. The number of aromatic nitrogens is 2. The number of hydrogen-bond donors (Lipinski definition) is 2. The van der Waals surface area contributed by atoms with Gasteiger partial charge in [0.15, 0.2) is 5.82 Å². The Morgan fingerprint density at radius 3 is 2.65 bits per heavy atom. The highest BCUT2D eigenvalue weighted by molar-refractivity contribution is 6.35. The quantitative estimate of drug-likeness (QED) is 0.814. The third kappa shape index (κ3) is 4.02. The van der Waals surface area contributed by atoms with Crippen LogP contribution in [-0.4, -0.2) is 40.5 Å². The fourth-order valence-electron chi connectivity index (χ4n) is 1.63. The highest BCUT2D eigenvalue weighted by Crippen LogP contribution is 2.23. The van der Waals surface area contributed by atoms with Gasteiger partial charge in [0.2, 0.25) is 0 Å². The van der Waals surface area contributed by atoms with E-state index in [4.69, 9.17) is 17.3 Å². The van der Waals surface area contributed by atoms with Crippen LogP contribution in [-0.2, 0) is 0 Å². The minimum Gasteiger partial charge on any atom is -0.382 e. The zero-order valence-corrected chi connectivity index (χ0v) is 11.3. The lowest BCUT2D eigenvalue weighted by Crippen LogP contribution is -2.35. The fraction of sp³-hybridized carbons (Fsp3) is 0.636. The topological polar surface area (TPSA) is 67.1 Å². The Morgan fingerprint density at radius 2 is 2.06 bits per heavy atom. The standard InChI is InChI=1S/C11H20ClN5/c1-4-17(5-2)6-8(3)16-11-9(12)10(13)14-7-15-11/h7-8H,4-6H2,1-3H3,(H3,13,14,15,16). The van der Waals surface area contributed by atoms with Gasteiger partial charge in [-0.3, -0.25) is 0 Å². The third-order valence-electron chi connectivity index (χ3n) is 2.63. The van der Waals surface area contributed by atoms with Gasteiger partial charge in [0.05, 0.1) is 0 Å². The van der Waals surface area contributed by atoms with E-state index in [1.165, 1.54) is 6.33 Å². The molecule has 1 rings (SSSR count). The predicted octanol–water partition coefficient (Wildman–Crippen LogP) is 1.85. The normalized spacial score (nSPS) is 12.8. The summed E-state index contributed by atoms with van der Waals surface area (Å²) in [7, 11) is 0. The van der Waals surface area contributed by atoms with E-state index in [-0.39, 0.29) is 6.04 Å². The maximum absolute atomic E-state index is 6.02. The molecule has 3 N–H and O–H groups in total. The summed E-state index contributed by atoms with van der Waals surface area (Å²) in [5.74, 6) is 0.901. The molecule has 0 aliphatic carbocycles. The molecule has 1 atom stereocenters. The van der Waals surface area contributed by atoms with E-state index in [1.54, 1.807) is 0 Å². The van der Waals surface area contributed by atoms with Crippen LogP contribution in [0.5, 0.6) is 0 Å². The van der Waals surface area contributed by atoms with E-state index in [9.17, 15) is 0 Å². The molecule has 0 radical (unpaired) electrons. The van der Waals surface area contributed by atoms with Crippen molar-refractivity contribution in [3.05, 3.63) is 11.3 Å². The Labute approximate surface area is 107 Å². The van der Waals surface area contributed by atoms with Gasteiger partial charge in [0.25, 0.3) is 0 Å². The second-order valence-corrected chi connectivity index (χ2v) is 4.33. The van der Waals surface area contributed by atoms with Crippen LogP contribution in [0.4, 0.5) is 11.6 Å². The maximum atomic E-state index is 6.02. The summed E-state index contributed by atoms with van der Waals surface area (Å²) in [5.41, 5.74) is 5.62. The summed E-state index contributed by atoms with van der Waals surface area (Å²) in [5, 5.41) is 3.63. The number of nitrogens with zero attached hydrogens (tertiary/aromatic N) is 3. The molecule has 0 amide bonds. The van der Waals surface area contributed by atoms with Gasteiger partial charge in [0, 0.05) is 12.6 Å². The number of nitrogens with two attached hydrogens (primary N) is 1. The number of anilines is 2. The molecule has 17 heavy (non-hydrogen) atoms. The second-order valence-electron chi connectivity index (χ2n) is 3.95. The molecule has 0 aliphatic heterocycles. The van der Waals surface area contributed by atoms with Crippen LogP contribution < -0.4 is 11.1 Å². The van der Waals surface area contributed by atoms with Gasteiger partial charge in [-0.15, -0.1) is 0 Å². The molecule has 0 spiro atoms. The lowest BCUT2D eigenvalue weighted by molar-refractivity contribution is 0.294. The van der Waals surface area contributed by atoms with Gasteiger partial charge in [-0.2, -0.15) is 0 Å². The molecule has 0 fully saturated rings. The summed E-state index contributed by atoms with van der Waals surface area (Å²) in [6, 6.07) is 0.252. The van der Waals surface area contributed by atoms with Crippen LogP contribution in [0.15, 0.2) is 6.33 Å². The van der Waals surface area contributed by atoms with Crippen molar-refractivity contribution in [3.8, 4) is 0 Å². The average Bonchev–Trinajstić information content (AvgIpc) is 2.32. The lowest BCUT2D eigenvalue weighted by Gasteiger charge is -2.24. The highest BCUT2D eigenvalue weighted by atomic mass is 35.5. The summed E-state index contributed by atoms with van der Waals surface area (Å²) < 4.78 is 0. The molecule has 6 heteroatoms. The van der Waals surface area contributed by atoms with E-state index >= 15 is 0 Å². The van der Waals surface area contributed by atoms with Crippen LogP contribution >= 0.6 is 11.6 Å². The van der Waals surface area contributed by atoms with Gasteiger partial charge >= 0.3 is 0 Å². The van der Waals surface area contributed by atoms with Gasteiger partial charge in [-0.25, -0.2) is 9.97 Å². The second kappa shape index (κ2) is 6.61. The first-order chi connectivity index (χ1) is 8.08. The van der Waals surface area contributed by atoms with Crippen LogP contribution in [0, 0.1) is 0 Å². The van der Waals surface area contributed by atoms with Crippen LogP contribution in [0.25, 0.3) is 0 Å². The number of nitrogen functional groups attached to an aromatic ring is 1. The molecule has 0 bridgehead atoms. The number of likely N-dealkylation sites (N-methyl/N-ethyl adjacent to an activating group) is 1. The van der Waals surface area contributed by atoms with Crippen molar-refractivity contribution in [2.75, 3.05) is 30.7 Å². The molecule has 96 valence electrons. The van der Waals surface area contributed by atoms with Gasteiger partial charge in [-0.1, -0.05) is 25.4 Å². The van der Waals surface area contributed by atoms with Gasteiger partial charge in [-0.05, 0) is 20.0 Å². The third-order valence-corrected chi connectivity index (χ3v) is 3.00. The molecular formula is C11H20ClN5. The first-order valence-corrected chi connectivity index (χ1v) is 6.21. The molecule has 0 saturated heterocycles. The van der Waals surface area contributed by atoms with Crippen LogP contribution in [0.3, 0.4) is 0 Å². The number of nitrogens with one attached hydrogen (secondary N) is 1. The lowest BCUT2D eigenvalue weighted by atomic mass is 10.3. The van der Waals surface area contributed by atoms with Crippen LogP contribution in [0.1, 0.15) is 20.8 Å². The SMILES string of the molecule is CCN(CC)CC(C)Nc1ncnc(N)c1Cl. The van der Waals surface area contributed by atoms with E-state index in [0.717, 1.165) is 19.6 Å². The molecular weight excluding hydrogens is 238 g/mol. The maximum Gasteiger partial charge on any atom is 0.150 e. The zero-order chi connectivity index (χ0) is 12.8. The van der Waals surface area contributed by atoms with Crippen LogP contribution in [0.2, 0.25) is 5.02 Å². The Morgan fingerprint density at radius 1 is 1.41 bits per heavy atom. The van der Waals surface area contributed by atoms with Gasteiger partial charge < -0.3 is 16.0 Å². The largest absolute Gasteiger partial charge is 0.382 e. The average molecular weight is 258 g/mol. The van der Waals surface area contributed by atoms with E-state index in [0.29, 0.717) is 16.7 Å². The summed E-state index contributed by atoms with van der Waals surface area (Å²) in [6.45, 7) is 9.38. The molecule has 1 heterocycles. The smallest absolute Gasteiger partial charge is 0.150 e. The van der Waals surface area contributed by atoms with Crippen molar-refractivity contribution in [3.63, 3.8) is 0 Å². The summed E-state index contributed by atoms with van der Waals surface area (Å²) in [4.78, 5) is 10.2. The minimum atomic E-state index is 0.252. The molecule has 0 aliphatic rings. The summed E-state index contributed by atoms with van der Waals surface area (Å²) >= 11 is 6.02. The van der Waals surface area contributed by atoms with Crippen molar-refractivity contribution < 1.29 is 0 Å². The fourth-order valence-corrected chi connectivity index (χ4v) is 1.78.